The molecule has 2 saturated carbocycles. The number of aromatic nitrogens is 12. The summed E-state index contributed by atoms with van der Waals surface area (Å²) in [6.07, 6.45) is 5.24. The van der Waals surface area contributed by atoms with E-state index >= 15 is 17.6 Å². The van der Waals surface area contributed by atoms with E-state index in [2.05, 4.69) is 40.6 Å². The van der Waals surface area contributed by atoms with Crippen LogP contribution in [0.25, 0.3) is 66.4 Å². The average Bonchev–Trinajstić information content (AvgIpc) is 1.58. The Morgan fingerprint density at radius 1 is 0.549 bits per heavy atom. The first-order chi connectivity index (χ1) is 41.1. The van der Waals surface area contributed by atoms with E-state index in [0.717, 1.165) is 24.6 Å². The van der Waals surface area contributed by atoms with Crippen LogP contribution in [0.5, 0.6) is 0 Å². The second-order valence-electron chi connectivity index (χ2n) is 20.9. The van der Waals surface area contributed by atoms with Gasteiger partial charge in [-0.1, -0.05) is 10.4 Å². The predicted molar refractivity (Wildman–Crippen MR) is 289 cm³/mol. The SMILES string of the molecule is [2H]C([2H])([2H])c1nnn(C)c1-c1cnc2c3c(F)cc(S(C)(=O)=O)cc3n(C(c3ncccc3F)C3CCC(F)(F)CC3)c2c1.[2H]C([2H])([2H])c1nnn(C)c1-c1cnc2c3c(F)cc(S(C)(=O)=O)cc3n(C(c3ncccc3F)C3CCC(F)(F)CC3)c2c1. The number of aryl methyl sites for hydroxylation is 4. The summed E-state index contributed by atoms with van der Waals surface area (Å²) in [7, 11) is -4.87. The van der Waals surface area contributed by atoms with Gasteiger partial charge in [-0.25, -0.2) is 61.3 Å². The Kier molecular flexibility index (Phi) is 12.3. The second-order valence-corrected chi connectivity index (χ2v) is 24.9. The van der Waals surface area contributed by atoms with Gasteiger partial charge in [0.05, 0.1) is 99.9 Å². The van der Waals surface area contributed by atoms with Gasteiger partial charge in [0.25, 0.3) is 0 Å². The molecule has 2 fully saturated rings. The van der Waals surface area contributed by atoms with Crippen LogP contribution in [0.4, 0.5) is 35.1 Å². The smallest absolute Gasteiger partial charge is 0.248 e. The lowest BCUT2D eigenvalue weighted by Crippen LogP contribution is -2.31. The minimum atomic E-state index is -3.93. The summed E-state index contributed by atoms with van der Waals surface area (Å²) in [4.78, 5) is 16.8. The van der Waals surface area contributed by atoms with Crippen LogP contribution >= 0.6 is 0 Å². The van der Waals surface area contributed by atoms with Crippen LogP contribution in [0.3, 0.4) is 0 Å². The number of fused-ring (bicyclic) bond motifs is 6. The third-order valence-corrected chi connectivity index (χ3v) is 17.7. The van der Waals surface area contributed by atoms with E-state index in [4.69, 9.17) is 8.22 Å². The number of pyridine rings is 4. The maximum Gasteiger partial charge on any atom is 0.248 e. The molecule has 10 aromatic rings. The van der Waals surface area contributed by atoms with Gasteiger partial charge >= 0.3 is 0 Å². The molecule has 82 heavy (non-hydrogen) atoms. The van der Waals surface area contributed by atoms with E-state index in [1.165, 1.54) is 106 Å². The van der Waals surface area contributed by atoms with Crippen LogP contribution in [-0.4, -0.2) is 100 Å². The Morgan fingerprint density at radius 3 is 1.27 bits per heavy atom. The number of hydrogen-bond donors (Lipinski definition) is 0. The Bertz CT molecular complexity index is 4360. The number of alkyl halides is 4. The Hall–Kier alpha value is -7.74. The van der Waals surface area contributed by atoms with E-state index in [9.17, 15) is 34.4 Å². The number of rotatable bonds is 10. The molecule has 2 aromatic carbocycles. The van der Waals surface area contributed by atoms with Crippen molar-refractivity contribution in [3.8, 4) is 22.5 Å². The van der Waals surface area contributed by atoms with Crippen LogP contribution in [0, 0.1) is 48.8 Å². The summed E-state index contributed by atoms with van der Waals surface area (Å²) in [6, 6.07) is 10.2. The molecule has 2 unspecified atom stereocenters. The fourth-order valence-electron chi connectivity index (χ4n) is 11.7. The highest BCUT2D eigenvalue weighted by Crippen LogP contribution is 2.49. The van der Waals surface area contributed by atoms with E-state index in [1.54, 1.807) is 0 Å². The highest BCUT2D eigenvalue weighted by atomic mass is 32.2. The van der Waals surface area contributed by atoms with Crippen molar-refractivity contribution < 1.29 is 60.2 Å². The summed E-state index contributed by atoms with van der Waals surface area (Å²) in [5, 5.41) is 15.2. The maximum atomic E-state index is 15.9. The molecule has 8 aromatic heterocycles. The number of hydrogen-bond acceptors (Lipinski definition) is 12. The van der Waals surface area contributed by atoms with Crippen molar-refractivity contribution in [3.05, 3.63) is 131 Å². The van der Waals surface area contributed by atoms with E-state index in [1.807, 2.05) is 0 Å². The van der Waals surface area contributed by atoms with Crippen molar-refractivity contribution in [1.29, 1.82) is 0 Å². The van der Waals surface area contributed by atoms with Gasteiger partial charge in [-0.05, 0) is 112 Å². The molecule has 16 nitrogen and oxygen atoms in total. The summed E-state index contributed by atoms with van der Waals surface area (Å²) in [6.45, 7) is -5.29. The molecular weight excluding hydrogens is 1120 g/mol. The topological polar surface area (TPSA) is 191 Å². The molecule has 26 heteroatoms. The van der Waals surface area contributed by atoms with Crippen LogP contribution in [0.1, 0.15) is 94.5 Å². The van der Waals surface area contributed by atoms with Crippen molar-refractivity contribution in [2.75, 3.05) is 12.5 Å². The number of nitrogens with zero attached hydrogens (tertiary/aromatic N) is 12. The standard InChI is InChI=1S/2C28H26F4N6O2S/c2*1-15-26(37(2)36-35-15)17-11-22-25(34-14-17)23-20(30)12-18(41(3,39)40)13-21(23)38(22)27(24-19(29)5-4-10-33-24)16-6-8-28(31,32)9-7-16/h2*4-5,10-14,16,27H,6-9H2,1-3H3/i2*1D3. The lowest BCUT2D eigenvalue weighted by molar-refractivity contribution is -0.0501. The number of benzene rings is 2. The molecule has 0 radical (unpaired) electrons. The highest BCUT2D eigenvalue weighted by molar-refractivity contribution is 7.91. The fourth-order valence-corrected chi connectivity index (χ4v) is 12.9. The lowest BCUT2D eigenvalue weighted by atomic mass is 9.80. The molecule has 0 aliphatic heterocycles. The Balaban J connectivity index is 0.000000182. The van der Waals surface area contributed by atoms with Gasteiger partial charge in [0.2, 0.25) is 11.8 Å². The second kappa shape index (κ2) is 20.6. The fraction of sp³-hybridized carbons (Fsp3) is 0.357. The summed E-state index contributed by atoms with van der Waals surface area (Å²) in [5.41, 5.74) is 0.477. The predicted octanol–water partition coefficient (Wildman–Crippen LogP) is 11.6. The maximum absolute atomic E-state index is 15.9. The minimum absolute atomic E-state index is 0.0228. The summed E-state index contributed by atoms with van der Waals surface area (Å²) in [5.74, 6) is -10.3. The van der Waals surface area contributed by atoms with Gasteiger partial charge in [0, 0.05) is 96.4 Å². The van der Waals surface area contributed by atoms with Crippen molar-refractivity contribution in [1.82, 2.24) is 59.1 Å². The van der Waals surface area contributed by atoms with Gasteiger partial charge in [-0.3, -0.25) is 19.9 Å². The van der Waals surface area contributed by atoms with Gasteiger partial charge in [0.1, 0.15) is 23.3 Å². The quantitative estimate of drug-likeness (QED) is 0.118. The molecule has 2 atom stereocenters. The van der Waals surface area contributed by atoms with Gasteiger partial charge in [-0.15, -0.1) is 10.2 Å². The largest absolute Gasteiger partial charge is 0.329 e. The number of halogens is 8. The normalized spacial score (nSPS) is 18.3. The van der Waals surface area contributed by atoms with Gasteiger partial charge in [-0.2, -0.15) is 0 Å². The zero-order valence-electron chi connectivity index (χ0n) is 49.9. The molecule has 0 spiro atoms. The lowest BCUT2D eigenvalue weighted by Gasteiger charge is -2.35. The van der Waals surface area contributed by atoms with Gasteiger partial charge in [0.15, 0.2) is 19.7 Å². The molecule has 0 amide bonds. The monoisotopic (exact) mass is 1180 g/mol. The zero-order chi connectivity index (χ0) is 63.5. The third-order valence-electron chi connectivity index (χ3n) is 15.5. The average molecular weight is 1180 g/mol. The minimum Gasteiger partial charge on any atom is -0.329 e. The molecule has 2 aliphatic carbocycles. The molecule has 0 N–H and O–H groups in total. The Morgan fingerprint density at radius 2 is 0.927 bits per heavy atom. The van der Waals surface area contributed by atoms with E-state index in [-0.39, 0.29) is 125 Å². The molecule has 0 saturated heterocycles. The van der Waals surface area contributed by atoms with Crippen LogP contribution in [0.2, 0.25) is 0 Å². The first-order valence-electron chi connectivity index (χ1n) is 28.6. The summed E-state index contributed by atoms with van der Waals surface area (Å²) >= 11 is 0. The van der Waals surface area contributed by atoms with Crippen LogP contribution in [-0.2, 0) is 33.8 Å². The first-order valence-corrected chi connectivity index (χ1v) is 29.4. The molecule has 8 heterocycles. The number of sulfone groups is 2. The molecule has 0 bridgehead atoms. The van der Waals surface area contributed by atoms with Crippen molar-refractivity contribution in [2.45, 2.75) is 98.8 Å². The third kappa shape index (κ3) is 10.1. The van der Waals surface area contributed by atoms with Crippen LogP contribution < -0.4 is 0 Å². The first kappa shape index (κ1) is 48.9. The van der Waals surface area contributed by atoms with Crippen molar-refractivity contribution >= 4 is 63.5 Å². The highest BCUT2D eigenvalue weighted by Gasteiger charge is 2.43. The van der Waals surface area contributed by atoms with E-state index in [0.29, 0.717) is 0 Å². The van der Waals surface area contributed by atoms with Gasteiger partial charge < -0.3 is 9.13 Å². The Labute approximate surface area is 472 Å². The molecular formula is C56H52F8N12O4S2. The van der Waals surface area contributed by atoms with Crippen LogP contribution in [0.15, 0.2) is 95.2 Å². The zero-order valence-corrected chi connectivity index (χ0v) is 45.5. The van der Waals surface area contributed by atoms with Crippen molar-refractivity contribution in [2.24, 2.45) is 25.9 Å². The van der Waals surface area contributed by atoms with E-state index < -0.39 is 118 Å². The molecule has 2 aliphatic rings. The van der Waals surface area contributed by atoms with Crippen molar-refractivity contribution in [3.63, 3.8) is 0 Å². The summed E-state index contributed by atoms with van der Waals surface area (Å²) < 4.78 is 223. The molecule has 12 rings (SSSR count). The molecule has 428 valence electrons.